The number of unbranched alkanes of at least 4 members (excludes halogenated alkanes) is 8. The Morgan fingerprint density at radius 3 is 1.17 bits per heavy atom. The first-order chi connectivity index (χ1) is 31.8. The summed E-state index contributed by atoms with van der Waals surface area (Å²) in [5.41, 5.74) is 0. The lowest BCUT2D eigenvalue weighted by Gasteiger charge is -2.19. The van der Waals surface area contributed by atoms with E-state index in [1.807, 2.05) is 36.5 Å². The monoisotopic (exact) mass is 970 g/mol. The van der Waals surface area contributed by atoms with Crippen LogP contribution in [-0.2, 0) is 46.3 Å². The number of rotatable bonds is 43. The fourth-order valence-corrected chi connectivity index (χ4v) is 6.84. The summed E-state index contributed by atoms with van der Waals surface area (Å²) in [6, 6.07) is 0. The lowest BCUT2D eigenvalue weighted by molar-refractivity contribution is -0.148. The minimum Gasteiger partial charge on any atom is -0.463 e. The molecule has 0 fully saturated rings. The molecular weight excluding hydrogens is 890 g/mol. The number of phosphoric acid groups is 2. The molecule has 0 heterocycles. The lowest BCUT2D eigenvalue weighted by atomic mass is 10.1. The molecule has 15 nitrogen and oxygen atoms in total. The summed E-state index contributed by atoms with van der Waals surface area (Å²) in [4.78, 5) is 43.7. The second kappa shape index (κ2) is 44.2. The van der Waals surface area contributed by atoms with Crippen molar-refractivity contribution in [2.45, 2.75) is 148 Å². The number of phosphoric ester groups is 2. The number of allylic oxidation sites excluding steroid dienone is 18. The van der Waals surface area contributed by atoms with Crippen molar-refractivity contribution in [1.82, 2.24) is 0 Å². The number of ether oxygens (including phenoxy) is 2. The Kier molecular flexibility index (Phi) is 42.0. The predicted octanol–water partition coefficient (Wildman–Crippen LogP) is 10.5. The molecule has 0 spiro atoms. The van der Waals surface area contributed by atoms with Gasteiger partial charge in [-0.25, -0.2) is 9.13 Å². The summed E-state index contributed by atoms with van der Waals surface area (Å²) in [6.07, 6.45) is 47.9. The first kappa shape index (κ1) is 62.7. The third kappa shape index (κ3) is 45.8. The Hall–Kier alpha value is -3.30. The molecule has 66 heavy (non-hydrogen) atoms. The molecule has 0 aliphatic heterocycles. The standard InChI is InChI=1S/C49H80O15P2/c1-3-5-7-9-11-13-15-17-19-20-21-22-24-26-28-30-32-34-36-38-49(54)60-40-46(51)42-62-66(57,58)64-44-47(52)43-63-65(55,56)61-41-45(50)39-59-48(53)37-35-33-31-29-27-25-23-18-16-14-12-10-8-6-4-2/h5-8,10-14,16-19,21-23,26,28,45-47,50-52H,3-4,9,15,20,24-25,27,29-44H2,1-2H3,(H,55,56)(H,57,58)/b7-5-,8-6+,12-10+,13-11-,16-14+,19-17-,22-21-,23-18-,28-26-. The van der Waals surface area contributed by atoms with Gasteiger partial charge >= 0.3 is 27.6 Å². The molecule has 0 saturated carbocycles. The van der Waals surface area contributed by atoms with E-state index < -0.39 is 85.5 Å². The van der Waals surface area contributed by atoms with Crippen molar-refractivity contribution < 1.29 is 71.4 Å². The molecule has 5 N–H and O–H groups in total. The van der Waals surface area contributed by atoms with Crippen LogP contribution in [0.15, 0.2) is 109 Å². The SMILES string of the molecule is CC/C=C\C/C=C\C/C=C\C/C=C\C/C=C\CCCCCC(=O)OCC(O)COP(=O)(O)OCC(O)COP(=O)(O)OCC(O)COC(=O)CCCCCCC\C=C/C=C/C=C/C=C/CC. The highest BCUT2D eigenvalue weighted by Crippen LogP contribution is 2.45. The second-order valence-corrected chi connectivity index (χ2v) is 18.0. The Bertz CT molecular complexity index is 1600. The van der Waals surface area contributed by atoms with Crippen molar-refractivity contribution in [3.05, 3.63) is 109 Å². The van der Waals surface area contributed by atoms with Gasteiger partial charge in [0.15, 0.2) is 0 Å². The Balaban J connectivity index is 3.98. The number of hydrogen-bond donors (Lipinski definition) is 5. The minimum atomic E-state index is -4.80. The van der Waals surface area contributed by atoms with Gasteiger partial charge in [0.25, 0.3) is 0 Å². The summed E-state index contributed by atoms with van der Waals surface area (Å²) in [6.45, 7) is 0.0571. The molecule has 5 unspecified atom stereocenters. The molecule has 0 amide bonds. The first-order valence-electron chi connectivity index (χ1n) is 23.3. The molecule has 376 valence electrons. The van der Waals surface area contributed by atoms with E-state index in [-0.39, 0.29) is 12.8 Å². The zero-order chi connectivity index (χ0) is 48.8. The van der Waals surface area contributed by atoms with E-state index in [1.54, 1.807) is 0 Å². The van der Waals surface area contributed by atoms with Crippen molar-refractivity contribution in [3.8, 4) is 0 Å². The Morgan fingerprint density at radius 2 is 0.727 bits per heavy atom. The molecule has 0 saturated heterocycles. The number of carbonyl (C=O) groups is 2. The van der Waals surface area contributed by atoms with Crippen LogP contribution in [0.4, 0.5) is 0 Å². The molecule has 0 rings (SSSR count). The van der Waals surface area contributed by atoms with E-state index >= 15 is 0 Å². The van der Waals surface area contributed by atoms with Gasteiger partial charge in [-0.2, -0.15) is 0 Å². The zero-order valence-electron chi connectivity index (χ0n) is 39.3. The molecule has 0 radical (unpaired) electrons. The predicted molar refractivity (Wildman–Crippen MR) is 260 cm³/mol. The molecule has 0 aliphatic carbocycles. The van der Waals surface area contributed by atoms with Gasteiger partial charge in [-0.15, -0.1) is 0 Å². The minimum absolute atomic E-state index is 0.151. The number of hydrogen-bond acceptors (Lipinski definition) is 13. The molecule has 17 heteroatoms. The summed E-state index contributed by atoms with van der Waals surface area (Å²) in [5.74, 6) is -1.06. The van der Waals surface area contributed by atoms with Crippen LogP contribution in [0.25, 0.3) is 0 Å². The summed E-state index contributed by atoms with van der Waals surface area (Å²) >= 11 is 0. The fourth-order valence-electron chi connectivity index (χ4n) is 5.25. The van der Waals surface area contributed by atoms with Crippen LogP contribution in [0.2, 0.25) is 0 Å². The Morgan fingerprint density at radius 1 is 0.409 bits per heavy atom. The van der Waals surface area contributed by atoms with E-state index in [0.29, 0.717) is 12.8 Å². The van der Waals surface area contributed by atoms with Crippen molar-refractivity contribution >= 4 is 27.6 Å². The van der Waals surface area contributed by atoms with Crippen LogP contribution in [0.3, 0.4) is 0 Å². The van der Waals surface area contributed by atoms with Crippen molar-refractivity contribution in [2.75, 3.05) is 39.6 Å². The third-order valence-corrected chi connectivity index (χ3v) is 10.7. The summed E-state index contributed by atoms with van der Waals surface area (Å²) in [7, 11) is -9.60. The van der Waals surface area contributed by atoms with Gasteiger partial charge in [-0.05, 0) is 77.0 Å². The topological polar surface area (TPSA) is 225 Å². The Labute approximate surface area is 394 Å². The first-order valence-corrected chi connectivity index (χ1v) is 26.3. The van der Waals surface area contributed by atoms with Crippen LogP contribution in [-0.4, -0.2) is 95.0 Å². The number of aliphatic hydroxyl groups excluding tert-OH is 3. The second-order valence-electron chi connectivity index (χ2n) is 15.1. The van der Waals surface area contributed by atoms with Gasteiger partial charge < -0.3 is 34.6 Å². The maximum absolute atomic E-state index is 12.2. The van der Waals surface area contributed by atoms with Crippen LogP contribution < -0.4 is 0 Å². The lowest BCUT2D eigenvalue weighted by Crippen LogP contribution is -2.25. The number of aliphatic hydroxyl groups is 3. The van der Waals surface area contributed by atoms with Gasteiger partial charge in [-0.3, -0.25) is 27.7 Å². The molecule has 0 bridgehead atoms. The molecule has 0 aliphatic rings. The largest absolute Gasteiger partial charge is 0.472 e. The quantitative estimate of drug-likeness (QED) is 0.0126. The van der Waals surface area contributed by atoms with Crippen LogP contribution >= 0.6 is 15.6 Å². The average molecular weight is 971 g/mol. The highest BCUT2D eigenvalue weighted by molar-refractivity contribution is 7.47. The van der Waals surface area contributed by atoms with Gasteiger partial charge in [0.1, 0.15) is 31.5 Å². The normalized spacial score (nSPS) is 16.0. The van der Waals surface area contributed by atoms with Gasteiger partial charge in [0.05, 0.1) is 26.4 Å². The van der Waals surface area contributed by atoms with Gasteiger partial charge in [0.2, 0.25) is 0 Å². The summed E-state index contributed by atoms with van der Waals surface area (Å²) in [5, 5.41) is 30.0. The number of carbonyl (C=O) groups excluding carboxylic acids is 2. The van der Waals surface area contributed by atoms with Crippen molar-refractivity contribution in [1.29, 1.82) is 0 Å². The van der Waals surface area contributed by atoms with Gasteiger partial charge in [0, 0.05) is 12.8 Å². The molecular formula is C49H80O15P2. The smallest absolute Gasteiger partial charge is 0.463 e. The third-order valence-electron chi connectivity index (χ3n) is 8.82. The van der Waals surface area contributed by atoms with E-state index in [0.717, 1.165) is 89.9 Å². The summed E-state index contributed by atoms with van der Waals surface area (Å²) < 4.78 is 52.9. The molecule has 5 atom stereocenters. The number of esters is 2. The van der Waals surface area contributed by atoms with E-state index in [1.165, 1.54) is 0 Å². The molecule has 0 aromatic rings. The van der Waals surface area contributed by atoms with Crippen LogP contribution in [0.1, 0.15) is 129 Å². The van der Waals surface area contributed by atoms with Crippen molar-refractivity contribution in [2.24, 2.45) is 0 Å². The molecule has 0 aromatic heterocycles. The van der Waals surface area contributed by atoms with Crippen LogP contribution in [0.5, 0.6) is 0 Å². The van der Waals surface area contributed by atoms with E-state index in [4.69, 9.17) is 9.47 Å². The maximum atomic E-state index is 12.2. The maximum Gasteiger partial charge on any atom is 0.472 e. The van der Waals surface area contributed by atoms with E-state index in [2.05, 4.69) is 105 Å². The molecule has 0 aromatic carbocycles. The van der Waals surface area contributed by atoms with Crippen LogP contribution in [0, 0.1) is 0 Å². The average Bonchev–Trinajstić information content (AvgIpc) is 3.29. The highest BCUT2D eigenvalue weighted by Gasteiger charge is 2.28. The van der Waals surface area contributed by atoms with Crippen molar-refractivity contribution in [3.63, 3.8) is 0 Å². The van der Waals surface area contributed by atoms with E-state index in [9.17, 15) is 43.8 Å². The zero-order valence-corrected chi connectivity index (χ0v) is 41.1. The fraction of sp³-hybridized carbons (Fsp3) is 0.592. The highest BCUT2D eigenvalue weighted by atomic mass is 31.2. The van der Waals surface area contributed by atoms with Gasteiger partial charge in [-0.1, -0.05) is 149 Å².